The van der Waals surface area contributed by atoms with E-state index in [2.05, 4.69) is 4.98 Å². The van der Waals surface area contributed by atoms with Gasteiger partial charge in [-0.05, 0) is 23.8 Å². The molecule has 4 nitrogen and oxygen atoms in total. The highest BCUT2D eigenvalue weighted by molar-refractivity contribution is 5.78. The number of hydrogen-bond donors (Lipinski definition) is 0. The molecule has 0 bridgehead atoms. The van der Waals surface area contributed by atoms with Gasteiger partial charge in [-0.1, -0.05) is 0 Å². The van der Waals surface area contributed by atoms with Gasteiger partial charge in [0.2, 0.25) is 0 Å². The van der Waals surface area contributed by atoms with Crippen molar-refractivity contribution in [1.29, 1.82) is 0 Å². The molecule has 0 amide bonds. The Morgan fingerprint density at radius 1 is 0.944 bits per heavy atom. The van der Waals surface area contributed by atoms with E-state index in [9.17, 15) is 4.79 Å². The molecule has 92 valence electrons. The predicted octanol–water partition coefficient (Wildman–Crippen LogP) is 2.58. The Kier molecular flexibility index (Phi) is 3.57. The van der Waals surface area contributed by atoms with Gasteiger partial charge >= 0.3 is 0 Å². The van der Waals surface area contributed by atoms with E-state index < -0.39 is 0 Å². The molecule has 0 atom stereocenters. The fourth-order valence-corrected chi connectivity index (χ4v) is 1.65. The summed E-state index contributed by atoms with van der Waals surface area (Å²) in [6.07, 6.45) is 3.99. The van der Waals surface area contributed by atoms with Crippen LogP contribution >= 0.6 is 0 Å². The first-order chi connectivity index (χ1) is 8.76. The number of methoxy groups -OCH3 is 2. The average Bonchev–Trinajstić information content (AvgIpc) is 2.46. The van der Waals surface area contributed by atoms with E-state index in [-0.39, 0.29) is 0 Å². The minimum absolute atomic E-state index is 0.536. The Bertz CT molecular complexity index is 544. The molecule has 0 fully saturated rings. The molecule has 2 rings (SSSR count). The maximum Gasteiger partial charge on any atom is 0.151 e. The van der Waals surface area contributed by atoms with E-state index in [0.717, 1.165) is 17.4 Å². The zero-order valence-electron chi connectivity index (χ0n) is 10.2. The summed E-state index contributed by atoms with van der Waals surface area (Å²) in [5.41, 5.74) is 2.27. The van der Waals surface area contributed by atoms with Crippen LogP contribution in [0.4, 0.5) is 0 Å². The smallest absolute Gasteiger partial charge is 0.151 e. The van der Waals surface area contributed by atoms with Crippen LogP contribution in [0.1, 0.15) is 10.4 Å². The first-order valence-electron chi connectivity index (χ1n) is 5.40. The van der Waals surface area contributed by atoms with Gasteiger partial charge in [-0.3, -0.25) is 9.78 Å². The molecule has 0 radical (unpaired) electrons. The normalized spacial score (nSPS) is 9.89. The summed E-state index contributed by atoms with van der Waals surface area (Å²) in [6.45, 7) is 0. The molecule has 0 unspecified atom stereocenters. The average molecular weight is 243 g/mol. The van der Waals surface area contributed by atoms with Gasteiger partial charge in [0.05, 0.1) is 14.2 Å². The Morgan fingerprint density at radius 2 is 1.61 bits per heavy atom. The van der Waals surface area contributed by atoms with E-state index in [4.69, 9.17) is 9.47 Å². The minimum atomic E-state index is 0.536. The van der Waals surface area contributed by atoms with Gasteiger partial charge in [0.15, 0.2) is 6.29 Å². The lowest BCUT2D eigenvalue weighted by atomic mass is 10.1. The van der Waals surface area contributed by atoms with E-state index in [1.165, 1.54) is 6.20 Å². The Morgan fingerprint density at radius 3 is 2.17 bits per heavy atom. The summed E-state index contributed by atoms with van der Waals surface area (Å²) in [6, 6.07) is 7.30. The molecule has 1 aromatic carbocycles. The van der Waals surface area contributed by atoms with Crippen LogP contribution in [0, 0.1) is 0 Å². The van der Waals surface area contributed by atoms with Gasteiger partial charge in [0.1, 0.15) is 11.5 Å². The number of hydrogen-bond acceptors (Lipinski definition) is 4. The molecule has 4 heteroatoms. The first kappa shape index (κ1) is 12.1. The molecule has 0 spiro atoms. The Balaban J connectivity index is 2.51. The maximum atomic E-state index is 10.7. The lowest BCUT2D eigenvalue weighted by Gasteiger charge is -2.08. The first-order valence-corrected chi connectivity index (χ1v) is 5.40. The third kappa shape index (κ3) is 2.48. The summed E-state index contributed by atoms with van der Waals surface area (Å²) in [7, 11) is 3.19. The van der Waals surface area contributed by atoms with Crippen LogP contribution in [0.5, 0.6) is 11.5 Å². The number of aldehydes is 1. The van der Waals surface area contributed by atoms with Crippen molar-refractivity contribution in [3.63, 3.8) is 0 Å². The number of ether oxygens (including phenoxy) is 2. The molecular formula is C14H13NO3. The fourth-order valence-electron chi connectivity index (χ4n) is 1.65. The van der Waals surface area contributed by atoms with Crippen molar-refractivity contribution in [2.24, 2.45) is 0 Å². The number of benzene rings is 1. The number of aromatic nitrogens is 1. The molecule has 18 heavy (non-hydrogen) atoms. The van der Waals surface area contributed by atoms with Crippen LogP contribution in [0.15, 0.2) is 36.7 Å². The summed E-state index contributed by atoms with van der Waals surface area (Å²) >= 11 is 0. The van der Waals surface area contributed by atoms with Gasteiger partial charge in [0.25, 0.3) is 0 Å². The van der Waals surface area contributed by atoms with Crippen molar-refractivity contribution in [2.75, 3.05) is 14.2 Å². The SMILES string of the molecule is COc1cc(OC)cc(-c2cncc(C=O)c2)c1. The van der Waals surface area contributed by atoms with Gasteiger partial charge in [-0.15, -0.1) is 0 Å². The zero-order chi connectivity index (χ0) is 13.0. The maximum absolute atomic E-state index is 10.7. The quantitative estimate of drug-likeness (QED) is 0.774. The molecule has 0 aliphatic heterocycles. The summed E-state index contributed by atoms with van der Waals surface area (Å²) < 4.78 is 10.4. The third-order valence-corrected chi connectivity index (χ3v) is 2.58. The molecule has 1 aromatic heterocycles. The third-order valence-electron chi connectivity index (χ3n) is 2.58. The molecule has 0 saturated carbocycles. The molecule has 0 aliphatic rings. The minimum Gasteiger partial charge on any atom is -0.497 e. The molecule has 0 aliphatic carbocycles. The second-order valence-corrected chi connectivity index (χ2v) is 3.73. The van der Waals surface area contributed by atoms with Crippen LogP contribution in [-0.4, -0.2) is 25.5 Å². The van der Waals surface area contributed by atoms with Gasteiger partial charge in [-0.2, -0.15) is 0 Å². The number of nitrogens with zero attached hydrogens (tertiary/aromatic N) is 1. The number of rotatable bonds is 4. The fraction of sp³-hybridized carbons (Fsp3) is 0.143. The van der Waals surface area contributed by atoms with Crippen LogP contribution in [0.2, 0.25) is 0 Å². The molecule has 1 heterocycles. The summed E-state index contributed by atoms with van der Waals surface area (Å²) in [5.74, 6) is 1.39. The number of carbonyl (C=O) groups excluding carboxylic acids is 1. The van der Waals surface area contributed by atoms with Crippen molar-refractivity contribution in [3.05, 3.63) is 42.2 Å². The standard InChI is InChI=1S/C14H13NO3/c1-17-13-4-11(5-14(6-13)18-2)12-3-10(9-16)7-15-8-12/h3-9H,1-2H3. The molecule has 0 N–H and O–H groups in total. The second kappa shape index (κ2) is 5.31. The Labute approximate surface area is 105 Å². The highest BCUT2D eigenvalue weighted by atomic mass is 16.5. The van der Waals surface area contributed by atoms with Gasteiger partial charge in [0, 0.05) is 29.6 Å². The monoisotopic (exact) mass is 243 g/mol. The summed E-state index contributed by atoms with van der Waals surface area (Å²) in [4.78, 5) is 14.8. The van der Waals surface area contributed by atoms with Crippen molar-refractivity contribution < 1.29 is 14.3 Å². The number of pyridine rings is 1. The van der Waals surface area contributed by atoms with Crippen molar-refractivity contribution in [2.45, 2.75) is 0 Å². The second-order valence-electron chi connectivity index (χ2n) is 3.73. The van der Waals surface area contributed by atoms with E-state index in [1.54, 1.807) is 32.5 Å². The van der Waals surface area contributed by atoms with Crippen molar-refractivity contribution in [1.82, 2.24) is 4.98 Å². The van der Waals surface area contributed by atoms with E-state index in [1.807, 2.05) is 12.1 Å². The van der Waals surface area contributed by atoms with E-state index in [0.29, 0.717) is 17.1 Å². The molecular weight excluding hydrogens is 230 g/mol. The predicted molar refractivity (Wildman–Crippen MR) is 68.2 cm³/mol. The molecule has 0 saturated heterocycles. The van der Waals surface area contributed by atoms with E-state index >= 15 is 0 Å². The topological polar surface area (TPSA) is 48.4 Å². The van der Waals surface area contributed by atoms with Crippen molar-refractivity contribution in [3.8, 4) is 22.6 Å². The zero-order valence-corrected chi connectivity index (χ0v) is 10.2. The highest BCUT2D eigenvalue weighted by Crippen LogP contribution is 2.29. The van der Waals surface area contributed by atoms with Gasteiger partial charge < -0.3 is 9.47 Å². The molecule has 2 aromatic rings. The number of carbonyl (C=O) groups is 1. The largest absolute Gasteiger partial charge is 0.497 e. The van der Waals surface area contributed by atoms with Crippen molar-refractivity contribution >= 4 is 6.29 Å². The Hall–Kier alpha value is -2.36. The lowest BCUT2D eigenvalue weighted by molar-refractivity contribution is 0.112. The summed E-state index contributed by atoms with van der Waals surface area (Å²) in [5, 5.41) is 0. The van der Waals surface area contributed by atoms with Gasteiger partial charge in [-0.25, -0.2) is 0 Å². The van der Waals surface area contributed by atoms with Crippen LogP contribution in [0.25, 0.3) is 11.1 Å². The highest BCUT2D eigenvalue weighted by Gasteiger charge is 2.05. The van der Waals surface area contributed by atoms with Crippen LogP contribution < -0.4 is 9.47 Å². The van der Waals surface area contributed by atoms with Crippen LogP contribution in [-0.2, 0) is 0 Å². The lowest BCUT2D eigenvalue weighted by Crippen LogP contribution is -1.90. The van der Waals surface area contributed by atoms with Crippen LogP contribution in [0.3, 0.4) is 0 Å².